The molecule has 2 saturated carbocycles. The molecule has 0 heterocycles. The summed E-state index contributed by atoms with van der Waals surface area (Å²) in [5, 5.41) is 0. The van der Waals surface area contributed by atoms with E-state index in [0.717, 1.165) is 12.8 Å². The monoisotopic (exact) mass is 286 g/mol. The molecular weight excluding hydrogens is 259 g/mol. The Morgan fingerprint density at radius 2 is 0.600 bits per heavy atom. The number of hydrogen-bond acceptors (Lipinski definition) is 0. The van der Waals surface area contributed by atoms with E-state index in [1.165, 1.54) is 64.2 Å². The molecule has 2 aliphatic rings. The second-order valence-electron chi connectivity index (χ2n) is 4.24. The van der Waals surface area contributed by atoms with Gasteiger partial charge in [0.2, 0.25) is 0 Å². The summed E-state index contributed by atoms with van der Waals surface area (Å²) in [7, 11) is 0. The molecule has 0 amide bonds. The summed E-state index contributed by atoms with van der Waals surface area (Å²) in [5.41, 5.74) is 0. The number of rotatable bonds is 1. The Morgan fingerprint density at radius 3 is 0.667 bits per heavy atom. The van der Waals surface area contributed by atoms with Crippen molar-refractivity contribution in [1.29, 1.82) is 0 Å². The van der Waals surface area contributed by atoms with Gasteiger partial charge in [-0.3, -0.25) is 0 Å². The van der Waals surface area contributed by atoms with E-state index >= 15 is 0 Å². The minimum absolute atomic E-state index is 0. The fourth-order valence-corrected chi connectivity index (χ4v) is 1.77. The van der Waals surface area contributed by atoms with Gasteiger partial charge >= 0.3 is 26.2 Å². The smallest absolute Gasteiger partial charge is 0.346 e. The first-order valence-corrected chi connectivity index (χ1v) is 6.50. The molecule has 0 saturated heterocycles. The van der Waals surface area contributed by atoms with Crippen LogP contribution in [0.3, 0.4) is 0 Å². The van der Waals surface area contributed by atoms with Gasteiger partial charge in [-0.15, -0.1) is 0 Å². The van der Waals surface area contributed by atoms with Gasteiger partial charge in [0, 0.05) is 0 Å². The van der Waals surface area contributed by atoms with Gasteiger partial charge in [-0.2, -0.15) is 0 Å². The third kappa shape index (κ3) is 17.5. The van der Waals surface area contributed by atoms with E-state index in [2.05, 4.69) is 13.8 Å². The maximum absolute atomic E-state index is 3.54. The normalized spacial score (nSPS) is 18.0. The Balaban J connectivity index is 0. The second-order valence-corrected chi connectivity index (χ2v) is 4.24. The molecule has 1 heteroatoms. The predicted molar refractivity (Wildman–Crippen MR) is 66.1 cm³/mol. The van der Waals surface area contributed by atoms with E-state index in [1.54, 1.807) is 0 Å². The molecule has 0 atom stereocenters. The van der Waals surface area contributed by atoms with Crippen LogP contribution in [-0.4, -0.2) is 0 Å². The van der Waals surface area contributed by atoms with Crippen LogP contribution in [0.2, 0.25) is 0 Å². The average molecular weight is 288 g/mol. The summed E-state index contributed by atoms with van der Waals surface area (Å²) < 4.78 is 0. The minimum Gasteiger partial charge on any atom is -0.346 e. The maximum atomic E-state index is 3.54. The van der Waals surface area contributed by atoms with Crippen molar-refractivity contribution in [2.75, 3.05) is 0 Å². The molecule has 0 unspecified atom stereocenters. The van der Waals surface area contributed by atoms with E-state index in [4.69, 9.17) is 0 Å². The van der Waals surface area contributed by atoms with Crippen LogP contribution in [0.1, 0.15) is 77.0 Å². The van der Waals surface area contributed by atoms with Gasteiger partial charge in [0.1, 0.15) is 0 Å². The first-order chi connectivity index (χ1) is 6.91. The number of hydrogen-bond donors (Lipinski definition) is 0. The molecule has 0 nitrogen and oxygen atoms in total. The third-order valence-corrected chi connectivity index (χ3v) is 2.75. The molecule has 15 heavy (non-hydrogen) atoms. The van der Waals surface area contributed by atoms with Crippen LogP contribution >= 0.6 is 0 Å². The van der Waals surface area contributed by atoms with E-state index in [9.17, 15) is 0 Å². The Labute approximate surface area is 117 Å². The average Bonchev–Trinajstić information content (AvgIpc) is 2.94. The van der Waals surface area contributed by atoms with E-state index in [0.29, 0.717) is 0 Å². The van der Waals surface area contributed by atoms with Crippen molar-refractivity contribution in [3.8, 4) is 0 Å². The summed E-state index contributed by atoms with van der Waals surface area (Å²) in [5.74, 6) is 0. The fourth-order valence-electron chi connectivity index (χ4n) is 1.77. The van der Waals surface area contributed by atoms with Gasteiger partial charge in [-0.25, -0.2) is 12.8 Å². The van der Waals surface area contributed by atoms with E-state index in [1.807, 2.05) is 0 Å². The molecule has 86 valence electrons. The molecule has 0 aromatic rings. The van der Waals surface area contributed by atoms with Crippen molar-refractivity contribution in [1.82, 2.24) is 0 Å². The molecular formula is C14H28Zr+2. The molecule has 0 bridgehead atoms. The van der Waals surface area contributed by atoms with Crippen molar-refractivity contribution in [3.63, 3.8) is 0 Å². The topological polar surface area (TPSA) is 0 Å². The van der Waals surface area contributed by atoms with Gasteiger partial charge < -0.3 is 13.8 Å². The molecule has 0 N–H and O–H groups in total. The van der Waals surface area contributed by atoms with Crippen LogP contribution in [0.4, 0.5) is 0 Å². The Kier molecular flexibility index (Phi) is 21.0. The van der Waals surface area contributed by atoms with Crippen LogP contribution < -0.4 is 0 Å². The Morgan fingerprint density at radius 1 is 0.467 bits per heavy atom. The van der Waals surface area contributed by atoms with Gasteiger partial charge in [0.15, 0.2) is 0 Å². The molecule has 2 aliphatic carbocycles. The fraction of sp³-hybridized carbons (Fsp3) is 0.857. The van der Waals surface area contributed by atoms with Crippen molar-refractivity contribution in [3.05, 3.63) is 13.8 Å². The van der Waals surface area contributed by atoms with Crippen LogP contribution in [0, 0.1) is 13.8 Å². The van der Waals surface area contributed by atoms with Crippen LogP contribution in [0.15, 0.2) is 0 Å². The zero-order valence-electron chi connectivity index (χ0n) is 10.4. The Bertz CT molecular complexity index is 56.1. The van der Waals surface area contributed by atoms with Crippen molar-refractivity contribution < 1.29 is 26.2 Å². The quantitative estimate of drug-likeness (QED) is 0.572. The summed E-state index contributed by atoms with van der Waals surface area (Å²) in [6.07, 6.45) is 16.9. The summed E-state index contributed by atoms with van der Waals surface area (Å²) >= 11 is 0. The van der Waals surface area contributed by atoms with E-state index < -0.39 is 0 Å². The minimum atomic E-state index is 0. The van der Waals surface area contributed by atoms with Crippen LogP contribution in [0.5, 0.6) is 0 Å². The van der Waals surface area contributed by atoms with E-state index in [-0.39, 0.29) is 26.2 Å². The summed E-state index contributed by atoms with van der Waals surface area (Å²) in [6.45, 7) is 7.08. The molecule has 2 rings (SSSR count). The summed E-state index contributed by atoms with van der Waals surface area (Å²) in [4.78, 5) is 0. The predicted octanol–water partition coefficient (Wildman–Crippen LogP) is 5.33. The standard InChI is InChI=1S/2C5H10.C4H8.Zr/c2*1-2-4-5-3-1;1-3-4-2;/h2*1-5H2;1-4H2;/q;;-2;+4. The van der Waals surface area contributed by atoms with Crippen LogP contribution in [-0.2, 0) is 26.2 Å². The van der Waals surface area contributed by atoms with Gasteiger partial charge in [-0.1, -0.05) is 64.2 Å². The molecule has 0 aliphatic heterocycles. The number of unbranched alkanes of at least 4 members (excludes halogenated alkanes) is 1. The van der Waals surface area contributed by atoms with Crippen molar-refractivity contribution >= 4 is 0 Å². The van der Waals surface area contributed by atoms with Gasteiger partial charge in [0.05, 0.1) is 0 Å². The van der Waals surface area contributed by atoms with Crippen LogP contribution in [0.25, 0.3) is 0 Å². The largest absolute Gasteiger partial charge is 4.00 e. The van der Waals surface area contributed by atoms with Crippen molar-refractivity contribution in [2.45, 2.75) is 77.0 Å². The zero-order chi connectivity index (χ0) is 10.5. The van der Waals surface area contributed by atoms with Crippen molar-refractivity contribution in [2.24, 2.45) is 0 Å². The Hall–Kier alpha value is 0.883. The molecule has 0 radical (unpaired) electrons. The molecule has 0 aromatic heterocycles. The molecule has 2 fully saturated rings. The SMILES string of the molecule is C1CCCC1.C1CCCC1.[CH2-]CC[CH2-].[Zr+4]. The van der Waals surface area contributed by atoms with Gasteiger partial charge in [-0.05, 0) is 0 Å². The second kappa shape index (κ2) is 17.3. The molecule has 0 aromatic carbocycles. The van der Waals surface area contributed by atoms with Gasteiger partial charge in [0.25, 0.3) is 0 Å². The first kappa shape index (κ1) is 18.3. The molecule has 0 spiro atoms. The zero-order valence-corrected chi connectivity index (χ0v) is 12.9. The first-order valence-electron chi connectivity index (χ1n) is 6.50. The maximum Gasteiger partial charge on any atom is 4.00 e. The summed E-state index contributed by atoms with van der Waals surface area (Å²) in [6, 6.07) is 0. The third-order valence-electron chi connectivity index (χ3n) is 2.75.